The summed E-state index contributed by atoms with van der Waals surface area (Å²) in [6, 6.07) is 1.72. The van der Waals surface area contributed by atoms with Crippen LogP contribution in [0.15, 0.2) is 18.3 Å². The van der Waals surface area contributed by atoms with Crippen LogP contribution in [-0.4, -0.2) is 28.3 Å². The third kappa shape index (κ3) is 2.90. The number of aromatic nitrogens is 1. The molecular formula is C7H6BF4NO2. The highest BCUT2D eigenvalue weighted by Crippen LogP contribution is 2.34. The Morgan fingerprint density at radius 1 is 1.27 bits per heavy atom. The Kier molecular flexibility index (Phi) is 3.30. The van der Waals surface area contributed by atoms with E-state index in [1.807, 2.05) is 0 Å². The van der Waals surface area contributed by atoms with Crippen molar-refractivity contribution in [3.8, 4) is 0 Å². The molecule has 3 nitrogen and oxygen atoms in total. The monoisotopic (exact) mass is 223 g/mol. The second-order valence-corrected chi connectivity index (χ2v) is 2.79. The van der Waals surface area contributed by atoms with Crippen molar-refractivity contribution in [3.05, 3.63) is 24.0 Å². The molecule has 0 aliphatic rings. The first-order chi connectivity index (χ1) is 6.82. The van der Waals surface area contributed by atoms with E-state index in [-0.39, 0.29) is 5.46 Å². The molecule has 0 amide bonds. The number of alkyl halides is 4. The quantitative estimate of drug-likeness (QED) is 0.561. The summed E-state index contributed by atoms with van der Waals surface area (Å²) in [6.45, 7) is 0. The molecule has 0 aliphatic heterocycles. The smallest absolute Gasteiger partial charge is 0.423 e. The summed E-state index contributed by atoms with van der Waals surface area (Å²) in [7, 11) is -1.84. The van der Waals surface area contributed by atoms with E-state index < -0.39 is 25.2 Å². The highest BCUT2D eigenvalue weighted by Gasteiger charge is 2.42. The molecule has 82 valence electrons. The van der Waals surface area contributed by atoms with Crippen LogP contribution < -0.4 is 5.46 Å². The number of nitrogens with zero attached hydrogens (tertiary/aromatic N) is 1. The first kappa shape index (κ1) is 11.9. The molecule has 1 unspecified atom stereocenters. The van der Waals surface area contributed by atoms with Crippen LogP contribution in [0.1, 0.15) is 11.9 Å². The molecule has 1 aromatic heterocycles. The first-order valence-corrected chi connectivity index (χ1v) is 3.85. The normalized spacial score (nSPS) is 13.7. The Morgan fingerprint density at radius 2 is 1.87 bits per heavy atom. The second-order valence-electron chi connectivity index (χ2n) is 2.79. The molecular weight excluding hydrogens is 217 g/mol. The molecule has 0 saturated carbocycles. The molecule has 0 fully saturated rings. The zero-order valence-corrected chi connectivity index (χ0v) is 7.24. The summed E-state index contributed by atoms with van der Waals surface area (Å²) in [5, 5.41) is 17.2. The largest absolute Gasteiger partial charge is 0.490 e. The number of halogens is 4. The highest BCUT2D eigenvalue weighted by atomic mass is 19.4. The lowest BCUT2D eigenvalue weighted by Gasteiger charge is -2.11. The average molecular weight is 223 g/mol. The zero-order chi connectivity index (χ0) is 11.6. The van der Waals surface area contributed by atoms with Crippen molar-refractivity contribution >= 4 is 12.6 Å². The fourth-order valence-electron chi connectivity index (χ4n) is 0.887. The predicted molar refractivity (Wildman–Crippen MR) is 44.0 cm³/mol. The van der Waals surface area contributed by atoms with Gasteiger partial charge in [-0.2, -0.15) is 13.2 Å². The van der Waals surface area contributed by atoms with E-state index in [9.17, 15) is 17.6 Å². The van der Waals surface area contributed by atoms with Crippen molar-refractivity contribution in [2.45, 2.75) is 12.3 Å². The lowest BCUT2D eigenvalue weighted by molar-refractivity contribution is -0.183. The molecule has 15 heavy (non-hydrogen) atoms. The highest BCUT2D eigenvalue weighted by molar-refractivity contribution is 6.58. The molecule has 1 atom stereocenters. The Labute approximate surface area is 82.5 Å². The van der Waals surface area contributed by atoms with Crippen molar-refractivity contribution < 1.29 is 27.6 Å². The molecule has 0 radical (unpaired) electrons. The molecule has 0 spiro atoms. The van der Waals surface area contributed by atoms with Gasteiger partial charge in [-0.1, -0.05) is 6.07 Å². The van der Waals surface area contributed by atoms with Crippen LogP contribution in [0.5, 0.6) is 0 Å². The topological polar surface area (TPSA) is 53.4 Å². The van der Waals surface area contributed by atoms with Crippen LogP contribution in [0.4, 0.5) is 17.6 Å². The Bertz CT molecular complexity index is 327. The molecule has 0 aliphatic carbocycles. The summed E-state index contributed by atoms with van der Waals surface area (Å²) < 4.78 is 48.3. The van der Waals surface area contributed by atoms with Crippen LogP contribution in [-0.2, 0) is 0 Å². The van der Waals surface area contributed by atoms with E-state index in [4.69, 9.17) is 10.0 Å². The number of rotatable bonds is 2. The molecule has 2 N–H and O–H groups in total. The number of hydrogen-bond acceptors (Lipinski definition) is 3. The predicted octanol–water partition coefficient (Wildman–Crippen LogP) is 0.334. The van der Waals surface area contributed by atoms with Gasteiger partial charge in [0.25, 0.3) is 0 Å². The van der Waals surface area contributed by atoms with Crippen molar-refractivity contribution in [2.24, 2.45) is 0 Å². The van der Waals surface area contributed by atoms with Gasteiger partial charge in [0.15, 0.2) is 0 Å². The third-order valence-electron chi connectivity index (χ3n) is 1.65. The maximum atomic E-state index is 12.7. The van der Waals surface area contributed by atoms with Crippen molar-refractivity contribution in [1.29, 1.82) is 0 Å². The lowest BCUT2D eigenvalue weighted by Crippen LogP contribution is -2.30. The summed E-state index contributed by atoms with van der Waals surface area (Å²) in [6.07, 6.45) is -7.40. The molecule has 0 aromatic carbocycles. The van der Waals surface area contributed by atoms with E-state index in [1.54, 1.807) is 0 Å². The number of hydrogen-bond donors (Lipinski definition) is 2. The van der Waals surface area contributed by atoms with Crippen LogP contribution >= 0.6 is 0 Å². The fourth-order valence-corrected chi connectivity index (χ4v) is 0.887. The van der Waals surface area contributed by atoms with E-state index in [1.165, 1.54) is 0 Å². The molecule has 1 aromatic rings. The maximum absolute atomic E-state index is 12.7. The van der Waals surface area contributed by atoms with Crippen LogP contribution in [0, 0.1) is 0 Å². The van der Waals surface area contributed by atoms with Crippen molar-refractivity contribution in [1.82, 2.24) is 4.98 Å². The Balaban J connectivity index is 2.89. The van der Waals surface area contributed by atoms with E-state index in [0.717, 1.165) is 18.3 Å². The fraction of sp³-hybridized carbons (Fsp3) is 0.286. The maximum Gasteiger partial charge on any atom is 0.490 e. The van der Waals surface area contributed by atoms with Gasteiger partial charge < -0.3 is 10.0 Å². The van der Waals surface area contributed by atoms with Crippen molar-refractivity contribution in [2.75, 3.05) is 0 Å². The summed E-state index contributed by atoms with van der Waals surface area (Å²) in [5.74, 6) is 0. The van der Waals surface area contributed by atoms with E-state index >= 15 is 0 Å². The second kappa shape index (κ2) is 4.15. The minimum atomic E-state index is -5.01. The van der Waals surface area contributed by atoms with Gasteiger partial charge in [0, 0.05) is 11.7 Å². The first-order valence-electron chi connectivity index (χ1n) is 3.85. The molecule has 8 heteroatoms. The summed E-state index contributed by atoms with van der Waals surface area (Å²) in [4.78, 5) is 3.15. The van der Waals surface area contributed by atoms with Crippen LogP contribution in [0.25, 0.3) is 0 Å². The Morgan fingerprint density at radius 3 is 2.20 bits per heavy atom. The molecule has 1 heterocycles. The SMILES string of the molecule is OB(O)c1ccc(C(F)C(F)(F)F)nc1. The van der Waals surface area contributed by atoms with Gasteiger partial charge in [0.1, 0.15) is 0 Å². The van der Waals surface area contributed by atoms with Gasteiger partial charge in [-0.25, -0.2) is 4.39 Å². The molecule has 0 bridgehead atoms. The summed E-state index contributed by atoms with van der Waals surface area (Å²) in [5.41, 5.74) is -0.917. The van der Waals surface area contributed by atoms with Crippen molar-refractivity contribution in [3.63, 3.8) is 0 Å². The standard InChI is InChI=1S/C7H6BF4NO2/c9-6(7(10,11)12)5-2-1-4(3-13-5)8(14)15/h1-3,6,14-15H. The van der Waals surface area contributed by atoms with Crippen LogP contribution in [0.2, 0.25) is 0 Å². The van der Waals surface area contributed by atoms with E-state index in [2.05, 4.69) is 4.98 Å². The third-order valence-corrected chi connectivity index (χ3v) is 1.65. The van der Waals surface area contributed by atoms with Gasteiger partial charge in [-0.05, 0) is 6.07 Å². The Hall–Kier alpha value is -1.15. The lowest BCUT2D eigenvalue weighted by atomic mass is 9.81. The minimum Gasteiger partial charge on any atom is -0.423 e. The minimum absolute atomic E-state index is 0.104. The van der Waals surface area contributed by atoms with Crippen LogP contribution in [0.3, 0.4) is 0 Å². The molecule has 1 rings (SSSR count). The van der Waals surface area contributed by atoms with Gasteiger partial charge in [0.2, 0.25) is 6.17 Å². The summed E-state index contributed by atoms with van der Waals surface area (Å²) >= 11 is 0. The molecule has 0 saturated heterocycles. The number of pyridine rings is 1. The van der Waals surface area contributed by atoms with Gasteiger partial charge >= 0.3 is 13.3 Å². The van der Waals surface area contributed by atoms with E-state index in [0.29, 0.717) is 0 Å². The zero-order valence-electron chi connectivity index (χ0n) is 7.24. The van der Waals surface area contributed by atoms with Gasteiger partial charge in [0.05, 0.1) is 5.69 Å². The van der Waals surface area contributed by atoms with Gasteiger partial charge in [-0.3, -0.25) is 4.98 Å². The van der Waals surface area contributed by atoms with Gasteiger partial charge in [-0.15, -0.1) is 0 Å². The average Bonchev–Trinajstić information content (AvgIpc) is 2.15.